The van der Waals surface area contributed by atoms with Gasteiger partial charge in [0.2, 0.25) is 0 Å². The standard InChI is InChI=1S/C19H16ClN3O4/c1-27-12-8-6-11(7-9-12)15-10-16(23-22-15)18(24)21-17(19(25)26)13-4-2-3-5-14(13)20/h2-10,17H,1H3,(H,21,24)(H,22,23)(H,25,26). The minimum atomic E-state index is -1.28. The Bertz CT molecular complexity index is 969. The number of aromatic nitrogens is 2. The Morgan fingerprint density at radius 2 is 1.89 bits per heavy atom. The first kappa shape index (κ1) is 18.5. The van der Waals surface area contributed by atoms with E-state index in [1.807, 2.05) is 0 Å². The van der Waals surface area contributed by atoms with Gasteiger partial charge >= 0.3 is 5.97 Å². The van der Waals surface area contributed by atoms with Crippen molar-refractivity contribution in [2.75, 3.05) is 7.11 Å². The van der Waals surface area contributed by atoms with Crippen LogP contribution in [0.15, 0.2) is 54.6 Å². The minimum Gasteiger partial charge on any atom is -0.497 e. The summed E-state index contributed by atoms with van der Waals surface area (Å²) in [5.74, 6) is -1.11. The van der Waals surface area contributed by atoms with Crippen molar-refractivity contribution in [2.24, 2.45) is 0 Å². The number of carbonyl (C=O) groups excluding carboxylic acids is 1. The number of methoxy groups -OCH3 is 1. The molecule has 3 aromatic rings. The highest BCUT2D eigenvalue weighted by Gasteiger charge is 2.25. The van der Waals surface area contributed by atoms with Gasteiger partial charge in [-0.1, -0.05) is 29.8 Å². The average molecular weight is 386 g/mol. The highest BCUT2D eigenvalue weighted by atomic mass is 35.5. The van der Waals surface area contributed by atoms with Crippen molar-refractivity contribution in [3.8, 4) is 17.0 Å². The number of amides is 1. The molecule has 27 heavy (non-hydrogen) atoms. The number of halogens is 1. The molecule has 0 aliphatic heterocycles. The Hall–Kier alpha value is -3.32. The van der Waals surface area contributed by atoms with Gasteiger partial charge in [0, 0.05) is 16.1 Å². The first-order chi connectivity index (χ1) is 13.0. The summed E-state index contributed by atoms with van der Waals surface area (Å²) in [5.41, 5.74) is 1.77. The van der Waals surface area contributed by atoms with Crippen molar-refractivity contribution in [2.45, 2.75) is 6.04 Å². The Morgan fingerprint density at radius 1 is 1.19 bits per heavy atom. The van der Waals surface area contributed by atoms with Crippen LogP contribution in [-0.2, 0) is 4.79 Å². The maximum Gasteiger partial charge on any atom is 0.330 e. The number of H-pyrrole nitrogens is 1. The zero-order valence-corrected chi connectivity index (χ0v) is 15.0. The summed E-state index contributed by atoms with van der Waals surface area (Å²) in [5, 5.41) is 18.9. The maximum atomic E-state index is 12.5. The van der Waals surface area contributed by atoms with Crippen molar-refractivity contribution in [1.29, 1.82) is 0 Å². The average Bonchev–Trinajstić information content (AvgIpc) is 3.17. The van der Waals surface area contributed by atoms with Crippen molar-refractivity contribution < 1.29 is 19.4 Å². The van der Waals surface area contributed by atoms with Gasteiger partial charge in [0.1, 0.15) is 11.4 Å². The van der Waals surface area contributed by atoms with Gasteiger partial charge in [-0.3, -0.25) is 9.89 Å². The minimum absolute atomic E-state index is 0.138. The summed E-state index contributed by atoms with van der Waals surface area (Å²) < 4.78 is 5.11. The van der Waals surface area contributed by atoms with Crippen LogP contribution in [0.2, 0.25) is 5.02 Å². The molecular formula is C19H16ClN3O4. The third kappa shape index (κ3) is 4.09. The Balaban J connectivity index is 1.80. The van der Waals surface area contributed by atoms with E-state index in [4.69, 9.17) is 16.3 Å². The molecule has 2 aromatic carbocycles. The predicted molar refractivity (Wildman–Crippen MR) is 99.9 cm³/mol. The van der Waals surface area contributed by atoms with Gasteiger partial charge in [0.05, 0.1) is 12.8 Å². The van der Waals surface area contributed by atoms with Crippen LogP contribution in [0.4, 0.5) is 0 Å². The summed E-state index contributed by atoms with van der Waals surface area (Å²) in [6.45, 7) is 0. The normalized spacial score (nSPS) is 11.6. The third-order valence-corrected chi connectivity index (χ3v) is 4.29. The molecule has 0 spiro atoms. The van der Waals surface area contributed by atoms with Crippen LogP contribution in [0.1, 0.15) is 22.1 Å². The van der Waals surface area contributed by atoms with E-state index in [1.165, 1.54) is 0 Å². The molecular weight excluding hydrogens is 370 g/mol. The first-order valence-electron chi connectivity index (χ1n) is 7.97. The van der Waals surface area contributed by atoms with Gasteiger partial charge in [-0.05, 0) is 36.4 Å². The Labute approximate surface area is 159 Å². The van der Waals surface area contributed by atoms with Gasteiger partial charge in [-0.25, -0.2) is 4.79 Å². The van der Waals surface area contributed by atoms with Gasteiger partial charge in [-0.2, -0.15) is 5.10 Å². The van der Waals surface area contributed by atoms with E-state index in [0.717, 1.165) is 5.56 Å². The number of carboxylic acid groups (broad SMARTS) is 1. The van der Waals surface area contributed by atoms with Crippen LogP contribution in [0.25, 0.3) is 11.3 Å². The van der Waals surface area contributed by atoms with Crippen molar-refractivity contribution in [3.63, 3.8) is 0 Å². The van der Waals surface area contributed by atoms with Crippen LogP contribution in [0.5, 0.6) is 5.75 Å². The first-order valence-corrected chi connectivity index (χ1v) is 8.35. The molecule has 3 rings (SSSR count). The molecule has 1 amide bonds. The number of aromatic amines is 1. The summed E-state index contributed by atoms with van der Waals surface area (Å²) in [4.78, 5) is 24.1. The number of ether oxygens (including phenoxy) is 1. The topological polar surface area (TPSA) is 104 Å². The van der Waals surface area contributed by atoms with Crippen LogP contribution in [0, 0.1) is 0 Å². The highest BCUT2D eigenvalue weighted by Crippen LogP contribution is 2.24. The molecule has 1 atom stereocenters. The van der Waals surface area contributed by atoms with E-state index in [1.54, 1.807) is 61.7 Å². The smallest absolute Gasteiger partial charge is 0.330 e. The molecule has 3 N–H and O–H groups in total. The van der Waals surface area contributed by atoms with E-state index < -0.39 is 17.9 Å². The van der Waals surface area contributed by atoms with Crippen molar-refractivity contribution >= 4 is 23.5 Å². The molecule has 1 aromatic heterocycles. The Kier molecular flexibility index (Phi) is 5.42. The maximum absolute atomic E-state index is 12.5. The van der Waals surface area contributed by atoms with Gasteiger partial charge in [-0.15, -0.1) is 0 Å². The fourth-order valence-electron chi connectivity index (χ4n) is 2.54. The second-order valence-electron chi connectivity index (χ2n) is 5.66. The molecule has 0 saturated carbocycles. The molecule has 138 valence electrons. The fraction of sp³-hybridized carbons (Fsp3) is 0.105. The van der Waals surface area contributed by atoms with E-state index in [2.05, 4.69) is 15.5 Å². The van der Waals surface area contributed by atoms with Crippen LogP contribution < -0.4 is 10.1 Å². The monoisotopic (exact) mass is 385 g/mol. The molecule has 7 nitrogen and oxygen atoms in total. The number of carbonyl (C=O) groups is 2. The number of benzene rings is 2. The molecule has 1 unspecified atom stereocenters. The quantitative estimate of drug-likeness (QED) is 0.604. The zero-order chi connectivity index (χ0) is 19.4. The highest BCUT2D eigenvalue weighted by molar-refractivity contribution is 6.31. The number of nitrogens with one attached hydrogen (secondary N) is 2. The lowest BCUT2D eigenvalue weighted by molar-refractivity contribution is -0.139. The summed E-state index contributed by atoms with van der Waals surface area (Å²) >= 11 is 6.06. The number of carboxylic acids is 1. The SMILES string of the molecule is COc1ccc(-c2cc(C(=O)NC(C(=O)O)c3ccccc3Cl)[nH]n2)cc1. The predicted octanol–water partition coefficient (Wildman–Crippen LogP) is 3.29. The number of aliphatic carboxylic acids is 1. The van der Waals surface area contributed by atoms with Crippen LogP contribution in [0.3, 0.4) is 0 Å². The molecule has 8 heteroatoms. The lowest BCUT2D eigenvalue weighted by Crippen LogP contribution is -2.34. The fourth-order valence-corrected chi connectivity index (χ4v) is 2.78. The number of hydrogen-bond acceptors (Lipinski definition) is 4. The van der Waals surface area contributed by atoms with Crippen molar-refractivity contribution in [3.05, 3.63) is 70.9 Å². The van der Waals surface area contributed by atoms with Gasteiger partial charge in [0.15, 0.2) is 6.04 Å². The molecule has 1 heterocycles. The molecule has 0 aliphatic rings. The number of rotatable bonds is 6. The zero-order valence-electron chi connectivity index (χ0n) is 14.3. The second-order valence-corrected chi connectivity index (χ2v) is 6.07. The molecule has 0 aliphatic carbocycles. The third-order valence-electron chi connectivity index (χ3n) is 3.95. The summed E-state index contributed by atoms with van der Waals surface area (Å²) in [6.07, 6.45) is 0. The van der Waals surface area contributed by atoms with Crippen LogP contribution in [-0.4, -0.2) is 34.3 Å². The summed E-state index contributed by atoms with van der Waals surface area (Å²) in [7, 11) is 1.57. The molecule has 0 fully saturated rings. The van der Waals surface area contributed by atoms with Crippen LogP contribution >= 0.6 is 11.6 Å². The molecule has 0 bridgehead atoms. The molecule has 0 radical (unpaired) electrons. The molecule has 0 saturated heterocycles. The van der Waals surface area contributed by atoms with Gasteiger partial charge < -0.3 is 15.2 Å². The lowest BCUT2D eigenvalue weighted by Gasteiger charge is -2.15. The van der Waals surface area contributed by atoms with Crippen molar-refractivity contribution in [1.82, 2.24) is 15.5 Å². The van der Waals surface area contributed by atoms with E-state index in [0.29, 0.717) is 17.0 Å². The second kappa shape index (κ2) is 7.92. The summed E-state index contributed by atoms with van der Waals surface area (Å²) in [6, 6.07) is 13.9. The largest absolute Gasteiger partial charge is 0.497 e. The number of hydrogen-bond donors (Lipinski definition) is 3. The number of nitrogens with zero attached hydrogens (tertiary/aromatic N) is 1. The Morgan fingerprint density at radius 3 is 2.52 bits per heavy atom. The van der Waals surface area contributed by atoms with Gasteiger partial charge in [0.25, 0.3) is 5.91 Å². The van der Waals surface area contributed by atoms with E-state index in [9.17, 15) is 14.7 Å². The van der Waals surface area contributed by atoms with E-state index in [-0.39, 0.29) is 10.7 Å². The van der Waals surface area contributed by atoms with E-state index >= 15 is 0 Å². The lowest BCUT2D eigenvalue weighted by atomic mass is 10.1.